The Morgan fingerprint density at radius 1 is 1.33 bits per heavy atom. The lowest BCUT2D eigenvalue weighted by atomic mass is 9.99. The molecule has 0 saturated heterocycles. The summed E-state index contributed by atoms with van der Waals surface area (Å²) in [7, 11) is 1.64. The van der Waals surface area contributed by atoms with Crippen molar-refractivity contribution in [1.82, 2.24) is 0 Å². The maximum Gasteiger partial charge on any atom is 0.135 e. The molecule has 12 heavy (non-hydrogen) atoms. The Balaban J connectivity index is 3.59. The van der Waals surface area contributed by atoms with Crippen molar-refractivity contribution in [3.8, 4) is 0 Å². The van der Waals surface area contributed by atoms with E-state index < -0.39 is 0 Å². The predicted octanol–water partition coefficient (Wildman–Crippen LogP) is 2.42. The van der Waals surface area contributed by atoms with Crippen LogP contribution in [0.1, 0.15) is 40.0 Å². The molecule has 2 unspecified atom stereocenters. The van der Waals surface area contributed by atoms with Crippen LogP contribution in [0.3, 0.4) is 0 Å². The van der Waals surface area contributed by atoms with E-state index in [1.807, 2.05) is 6.92 Å². The molecule has 0 aromatic heterocycles. The quantitative estimate of drug-likeness (QED) is 0.615. The van der Waals surface area contributed by atoms with Crippen molar-refractivity contribution in [2.75, 3.05) is 7.11 Å². The molecule has 0 radical (unpaired) electrons. The highest BCUT2D eigenvalue weighted by Gasteiger charge is 2.10. The zero-order chi connectivity index (χ0) is 9.56. The second-order valence-electron chi connectivity index (χ2n) is 3.51. The lowest BCUT2D eigenvalue weighted by Gasteiger charge is -2.10. The summed E-state index contributed by atoms with van der Waals surface area (Å²) in [6.07, 6.45) is 2.40. The first-order chi connectivity index (χ1) is 5.60. The third-order valence-corrected chi connectivity index (χ3v) is 2.19. The minimum Gasteiger partial charge on any atom is -0.381 e. The van der Waals surface area contributed by atoms with E-state index in [-0.39, 0.29) is 6.10 Å². The standard InChI is InChI=1S/C10H20O2/c1-5-8(2)6-10(11)7-9(3)12-4/h8-9H,5-7H2,1-4H3. The highest BCUT2D eigenvalue weighted by atomic mass is 16.5. The van der Waals surface area contributed by atoms with Gasteiger partial charge in [0.05, 0.1) is 6.10 Å². The molecular weight excluding hydrogens is 152 g/mol. The third kappa shape index (κ3) is 5.30. The molecule has 2 atom stereocenters. The van der Waals surface area contributed by atoms with Crippen LogP contribution in [0, 0.1) is 5.92 Å². The van der Waals surface area contributed by atoms with Gasteiger partial charge in [-0.05, 0) is 12.8 Å². The van der Waals surface area contributed by atoms with Crippen molar-refractivity contribution in [3.05, 3.63) is 0 Å². The van der Waals surface area contributed by atoms with Crippen molar-refractivity contribution < 1.29 is 9.53 Å². The Morgan fingerprint density at radius 3 is 2.33 bits per heavy atom. The number of carbonyl (C=O) groups excluding carboxylic acids is 1. The first-order valence-electron chi connectivity index (χ1n) is 4.64. The van der Waals surface area contributed by atoms with Crippen LogP contribution in [0.15, 0.2) is 0 Å². The van der Waals surface area contributed by atoms with Crippen LogP contribution in [0.5, 0.6) is 0 Å². The zero-order valence-corrected chi connectivity index (χ0v) is 8.59. The maximum atomic E-state index is 11.3. The Morgan fingerprint density at radius 2 is 1.92 bits per heavy atom. The number of hydrogen-bond donors (Lipinski definition) is 0. The van der Waals surface area contributed by atoms with E-state index in [1.165, 1.54) is 0 Å². The summed E-state index contributed by atoms with van der Waals surface area (Å²) in [4.78, 5) is 11.3. The Hall–Kier alpha value is -0.370. The fourth-order valence-electron chi connectivity index (χ4n) is 1.02. The van der Waals surface area contributed by atoms with Gasteiger partial charge >= 0.3 is 0 Å². The van der Waals surface area contributed by atoms with Gasteiger partial charge in [0.25, 0.3) is 0 Å². The Labute approximate surface area is 75.3 Å². The predicted molar refractivity (Wildman–Crippen MR) is 50.2 cm³/mol. The molecule has 2 nitrogen and oxygen atoms in total. The van der Waals surface area contributed by atoms with Gasteiger partial charge in [0.1, 0.15) is 5.78 Å². The average molecular weight is 172 g/mol. The molecule has 0 N–H and O–H groups in total. The van der Waals surface area contributed by atoms with Gasteiger partial charge < -0.3 is 4.74 Å². The number of methoxy groups -OCH3 is 1. The monoisotopic (exact) mass is 172 g/mol. The van der Waals surface area contributed by atoms with E-state index in [0.29, 0.717) is 24.5 Å². The highest BCUT2D eigenvalue weighted by molar-refractivity contribution is 5.79. The first kappa shape index (κ1) is 11.6. The van der Waals surface area contributed by atoms with Gasteiger partial charge in [-0.3, -0.25) is 4.79 Å². The van der Waals surface area contributed by atoms with Crippen molar-refractivity contribution in [3.63, 3.8) is 0 Å². The molecular formula is C10H20O2. The topological polar surface area (TPSA) is 26.3 Å². The van der Waals surface area contributed by atoms with E-state index in [1.54, 1.807) is 7.11 Å². The van der Waals surface area contributed by atoms with Gasteiger partial charge in [0, 0.05) is 20.0 Å². The van der Waals surface area contributed by atoms with Gasteiger partial charge in [0.2, 0.25) is 0 Å². The number of ketones is 1. The summed E-state index contributed by atoms with van der Waals surface area (Å²) in [6, 6.07) is 0. The summed E-state index contributed by atoms with van der Waals surface area (Å²) in [5, 5.41) is 0. The van der Waals surface area contributed by atoms with E-state index in [2.05, 4.69) is 13.8 Å². The molecule has 0 aliphatic carbocycles. The summed E-state index contributed by atoms with van der Waals surface area (Å²) in [5.41, 5.74) is 0. The minimum absolute atomic E-state index is 0.0709. The smallest absolute Gasteiger partial charge is 0.135 e. The lowest BCUT2D eigenvalue weighted by Crippen LogP contribution is -2.14. The minimum atomic E-state index is 0.0709. The molecule has 0 aliphatic heterocycles. The van der Waals surface area contributed by atoms with Crippen LogP contribution in [0.25, 0.3) is 0 Å². The van der Waals surface area contributed by atoms with Crippen LogP contribution in [-0.4, -0.2) is 19.0 Å². The second kappa shape index (κ2) is 6.18. The summed E-state index contributed by atoms with van der Waals surface area (Å²) in [6.45, 7) is 6.14. The maximum absolute atomic E-state index is 11.3. The van der Waals surface area contributed by atoms with Crippen molar-refractivity contribution >= 4 is 5.78 Å². The molecule has 0 bridgehead atoms. The molecule has 0 saturated carbocycles. The third-order valence-electron chi connectivity index (χ3n) is 2.19. The molecule has 0 heterocycles. The molecule has 2 heteroatoms. The molecule has 0 spiro atoms. The van der Waals surface area contributed by atoms with Gasteiger partial charge in [-0.1, -0.05) is 20.3 Å². The van der Waals surface area contributed by atoms with Gasteiger partial charge in [-0.2, -0.15) is 0 Å². The second-order valence-corrected chi connectivity index (χ2v) is 3.51. The molecule has 0 amide bonds. The van der Waals surface area contributed by atoms with Gasteiger partial charge in [-0.15, -0.1) is 0 Å². The molecule has 0 aliphatic rings. The van der Waals surface area contributed by atoms with E-state index in [9.17, 15) is 4.79 Å². The van der Waals surface area contributed by atoms with Crippen molar-refractivity contribution in [2.24, 2.45) is 5.92 Å². The largest absolute Gasteiger partial charge is 0.381 e. The highest BCUT2D eigenvalue weighted by Crippen LogP contribution is 2.10. The Kier molecular flexibility index (Phi) is 5.99. The summed E-state index contributed by atoms with van der Waals surface area (Å²) < 4.78 is 5.02. The van der Waals surface area contributed by atoms with E-state index in [0.717, 1.165) is 6.42 Å². The molecule has 0 fully saturated rings. The van der Waals surface area contributed by atoms with Crippen LogP contribution < -0.4 is 0 Å². The van der Waals surface area contributed by atoms with Crippen LogP contribution in [0.2, 0.25) is 0 Å². The SMILES string of the molecule is CCC(C)CC(=O)CC(C)OC. The van der Waals surface area contributed by atoms with E-state index >= 15 is 0 Å². The molecule has 0 rings (SSSR count). The average Bonchev–Trinajstić information content (AvgIpc) is 2.03. The zero-order valence-electron chi connectivity index (χ0n) is 8.59. The number of rotatable bonds is 6. The van der Waals surface area contributed by atoms with Crippen LogP contribution in [-0.2, 0) is 9.53 Å². The number of ether oxygens (including phenoxy) is 1. The molecule has 0 aromatic rings. The summed E-state index contributed by atoms with van der Waals surface area (Å²) in [5.74, 6) is 0.834. The number of Topliss-reactive ketones (excluding diaryl/α,β-unsaturated/α-hetero) is 1. The molecule has 0 aromatic carbocycles. The first-order valence-corrected chi connectivity index (χ1v) is 4.64. The van der Waals surface area contributed by atoms with Crippen LogP contribution >= 0.6 is 0 Å². The lowest BCUT2D eigenvalue weighted by molar-refractivity contribution is -0.122. The van der Waals surface area contributed by atoms with Crippen LogP contribution in [0.4, 0.5) is 0 Å². The van der Waals surface area contributed by atoms with Crippen molar-refractivity contribution in [1.29, 1.82) is 0 Å². The number of carbonyl (C=O) groups is 1. The van der Waals surface area contributed by atoms with Crippen molar-refractivity contribution in [2.45, 2.75) is 46.1 Å². The molecule has 72 valence electrons. The number of hydrogen-bond acceptors (Lipinski definition) is 2. The fraction of sp³-hybridized carbons (Fsp3) is 0.900. The van der Waals surface area contributed by atoms with Gasteiger partial charge in [-0.25, -0.2) is 0 Å². The summed E-state index contributed by atoms with van der Waals surface area (Å²) >= 11 is 0. The van der Waals surface area contributed by atoms with E-state index in [4.69, 9.17) is 4.74 Å². The normalized spacial score (nSPS) is 15.7. The Bertz CT molecular complexity index is 118. The van der Waals surface area contributed by atoms with Gasteiger partial charge in [0.15, 0.2) is 0 Å². The fourth-order valence-corrected chi connectivity index (χ4v) is 1.02.